The van der Waals surface area contributed by atoms with E-state index < -0.39 is 0 Å². The zero-order valence-electron chi connectivity index (χ0n) is 9.90. The number of methoxy groups -OCH3 is 1. The number of aliphatic hydroxyl groups is 1. The predicted octanol–water partition coefficient (Wildman–Crippen LogP) is 1.04. The van der Waals surface area contributed by atoms with Crippen molar-refractivity contribution in [2.75, 3.05) is 20.3 Å². The Bertz CT molecular complexity index is 341. The fraction of sp³-hybridized carbons (Fsp3) is 0.417. The van der Waals surface area contributed by atoms with E-state index in [-0.39, 0.29) is 6.61 Å². The van der Waals surface area contributed by atoms with Gasteiger partial charge < -0.3 is 20.5 Å². The van der Waals surface area contributed by atoms with Gasteiger partial charge in [-0.05, 0) is 36.3 Å². The molecule has 0 heterocycles. The molecule has 0 saturated carbocycles. The van der Waals surface area contributed by atoms with Gasteiger partial charge in [-0.1, -0.05) is 12.1 Å². The number of thiocarbonyl (C=S) groups is 1. The van der Waals surface area contributed by atoms with Gasteiger partial charge >= 0.3 is 0 Å². The molecule has 0 aliphatic carbocycles. The van der Waals surface area contributed by atoms with Crippen molar-refractivity contribution in [1.29, 1.82) is 0 Å². The molecule has 0 amide bonds. The van der Waals surface area contributed by atoms with Crippen LogP contribution >= 0.6 is 12.2 Å². The maximum absolute atomic E-state index is 8.62. The lowest BCUT2D eigenvalue weighted by atomic mass is 10.2. The van der Waals surface area contributed by atoms with E-state index in [2.05, 4.69) is 10.6 Å². The monoisotopic (exact) mass is 254 g/mol. The van der Waals surface area contributed by atoms with Gasteiger partial charge in [0.05, 0.1) is 7.11 Å². The third kappa shape index (κ3) is 5.51. The van der Waals surface area contributed by atoms with Crippen molar-refractivity contribution in [2.24, 2.45) is 0 Å². The molecule has 0 atom stereocenters. The van der Waals surface area contributed by atoms with Gasteiger partial charge in [-0.3, -0.25) is 0 Å². The van der Waals surface area contributed by atoms with Crippen LogP contribution in [0.15, 0.2) is 24.3 Å². The highest BCUT2D eigenvalue weighted by molar-refractivity contribution is 7.80. The van der Waals surface area contributed by atoms with E-state index in [0.29, 0.717) is 24.6 Å². The molecule has 0 fully saturated rings. The summed E-state index contributed by atoms with van der Waals surface area (Å²) in [7, 11) is 1.65. The Kier molecular flexibility index (Phi) is 6.35. The third-order valence-electron chi connectivity index (χ3n) is 2.23. The van der Waals surface area contributed by atoms with E-state index in [1.165, 1.54) is 0 Å². The molecule has 0 aliphatic rings. The minimum absolute atomic E-state index is 0.175. The van der Waals surface area contributed by atoms with E-state index in [0.717, 1.165) is 11.3 Å². The van der Waals surface area contributed by atoms with Crippen LogP contribution in [-0.4, -0.2) is 30.5 Å². The molecule has 5 heteroatoms. The molecule has 1 aromatic carbocycles. The quantitative estimate of drug-likeness (QED) is 0.523. The van der Waals surface area contributed by atoms with Crippen LogP contribution in [-0.2, 0) is 6.54 Å². The first-order chi connectivity index (χ1) is 8.26. The van der Waals surface area contributed by atoms with Crippen molar-refractivity contribution < 1.29 is 9.84 Å². The normalized spacial score (nSPS) is 9.76. The number of hydrogen-bond donors (Lipinski definition) is 3. The zero-order valence-corrected chi connectivity index (χ0v) is 10.7. The Hall–Kier alpha value is -1.33. The molecule has 0 unspecified atom stereocenters. The van der Waals surface area contributed by atoms with Crippen molar-refractivity contribution in [3.05, 3.63) is 29.8 Å². The number of nitrogens with one attached hydrogen (secondary N) is 2. The summed E-state index contributed by atoms with van der Waals surface area (Å²) in [6.07, 6.45) is 0.699. The summed E-state index contributed by atoms with van der Waals surface area (Å²) >= 11 is 5.09. The van der Waals surface area contributed by atoms with Gasteiger partial charge in [-0.15, -0.1) is 0 Å². The number of rotatable bonds is 6. The number of ether oxygens (including phenoxy) is 1. The zero-order chi connectivity index (χ0) is 12.5. The van der Waals surface area contributed by atoms with Crippen molar-refractivity contribution in [1.82, 2.24) is 10.6 Å². The van der Waals surface area contributed by atoms with Crippen molar-refractivity contribution in [2.45, 2.75) is 13.0 Å². The second-order valence-electron chi connectivity index (χ2n) is 3.53. The first-order valence-corrected chi connectivity index (χ1v) is 5.92. The Morgan fingerprint density at radius 2 is 2.00 bits per heavy atom. The van der Waals surface area contributed by atoms with Crippen molar-refractivity contribution in [3.63, 3.8) is 0 Å². The summed E-state index contributed by atoms with van der Waals surface area (Å²) < 4.78 is 5.08. The summed E-state index contributed by atoms with van der Waals surface area (Å²) in [4.78, 5) is 0. The van der Waals surface area contributed by atoms with Crippen LogP contribution in [0.5, 0.6) is 5.75 Å². The molecule has 0 saturated heterocycles. The minimum Gasteiger partial charge on any atom is -0.497 e. The molecule has 0 aliphatic heterocycles. The van der Waals surface area contributed by atoms with Gasteiger partial charge in [0.2, 0.25) is 0 Å². The summed E-state index contributed by atoms with van der Waals surface area (Å²) in [5.41, 5.74) is 1.14. The summed E-state index contributed by atoms with van der Waals surface area (Å²) in [6.45, 7) is 1.54. The molecule has 94 valence electrons. The largest absolute Gasteiger partial charge is 0.497 e. The Labute approximate surface area is 107 Å². The minimum atomic E-state index is 0.175. The van der Waals surface area contributed by atoms with E-state index in [4.69, 9.17) is 22.1 Å². The second kappa shape index (κ2) is 7.86. The topological polar surface area (TPSA) is 53.5 Å². The Balaban J connectivity index is 2.27. The lowest BCUT2D eigenvalue weighted by Gasteiger charge is -2.10. The highest BCUT2D eigenvalue weighted by atomic mass is 32.1. The molecule has 1 aromatic rings. The second-order valence-corrected chi connectivity index (χ2v) is 3.94. The van der Waals surface area contributed by atoms with Crippen LogP contribution in [0.3, 0.4) is 0 Å². The maximum atomic E-state index is 8.62. The lowest BCUT2D eigenvalue weighted by Crippen LogP contribution is -2.35. The maximum Gasteiger partial charge on any atom is 0.166 e. The molecule has 4 nitrogen and oxygen atoms in total. The average molecular weight is 254 g/mol. The van der Waals surface area contributed by atoms with Gasteiger partial charge in [-0.25, -0.2) is 0 Å². The van der Waals surface area contributed by atoms with Crippen LogP contribution < -0.4 is 15.4 Å². The SMILES string of the molecule is COc1ccc(CNC(=S)NCCCO)cc1. The first-order valence-electron chi connectivity index (χ1n) is 5.51. The summed E-state index contributed by atoms with van der Waals surface area (Å²) in [5.74, 6) is 0.845. The Morgan fingerprint density at radius 1 is 1.29 bits per heavy atom. The van der Waals surface area contributed by atoms with Gasteiger partial charge in [0.25, 0.3) is 0 Å². The third-order valence-corrected chi connectivity index (χ3v) is 2.52. The Morgan fingerprint density at radius 3 is 2.59 bits per heavy atom. The molecule has 0 bridgehead atoms. The van der Waals surface area contributed by atoms with Gasteiger partial charge in [0.1, 0.15) is 5.75 Å². The molecular weight excluding hydrogens is 236 g/mol. The summed E-state index contributed by atoms with van der Waals surface area (Å²) in [5, 5.41) is 15.3. The van der Waals surface area contributed by atoms with E-state index in [1.807, 2.05) is 24.3 Å². The lowest BCUT2D eigenvalue weighted by molar-refractivity contribution is 0.289. The molecule has 17 heavy (non-hydrogen) atoms. The number of benzene rings is 1. The van der Waals surface area contributed by atoms with Gasteiger partial charge in [0, 0.05) is 19.7 Å². The molecule has 1 rings (SSSR count). The number of hydrogen-bond acceptors (Lipinski definition) is 3. The van der Waals surface area contributed by atoms with Crippen molar-refractivity contribution >= 4 is 17.3 Å². The first kappa shape index (κ1) is 13.7. The van der Waals surface area contributed by atoms with Gasteiger partial charge in [0.15, 0.2) is 5.11 Å². The van der Waals surface area contributed by atoms with E-state index in [9.17, 15) is 0 Å². The van der Waals surface area contributed by atoms with Crippen LogP contribution in [0, 0.1) is 0 Å². The fourth-order valence-corrected chi connectivity index (χ4v) is 1.44. The van der Waals surface area contributed by atoms with Crippen LogP contribution in [0.4, 0.5) is 0 Å². The van der Waals surface area contributed by atoms with Crippen LogP contribution in [0.2, 0.25) is 0 Å². The molecule has 3 N–H and O–H groups in total. The molecule has 0 spiro atoms. The van der Waals surface area contributed by atoms with E-state index >= 15 is 0 Å². The standard InChI is InChI=1S/C12H18N2O2S/c1-16-11-5-3-10(4-6-11)9-14-12(17)13-7-2-8-15/h3-6,15H,2,7-9H2,1H3,(H2,13,14,17). The van der Waals surface area contributed by atoms with Crippen LogP contribution in [0.25, 0.3) is 0 Å². The van der Waals surface area contributed by atoms with Crippen molar-refractivity contribution in [3.8, 4) is 5.75 Å². The fourth-order valence-electron chi connectivity index (χ4n) is 1.27. The van der Waals surface area contributed by atoms with Crippen LogP contribution in [0.1, 0.15) is 12.0 Å². The predicted molar refractivity (Wildman–Crippen MR) is 72.1 cm³/mol. The average Bonchev–Trinajstić information content (AvgIpc) is 2.37. The smallest absolute Gasteiger partial charge is 0.166 e. The highest BCUT2D eigenvalue weighted by Crippen LogP contribution is 2.10. The van der Waals surface area contributed by atoms with Gasteiger partial charge in [-0.2, -0.15) is 0 Å². The molecule has 0 aromatic heterocycles. The highest BCUT2D eigenvalue weighted by Gasteiger charge is 1.97. The summed E-state index contributed by atoms with van der Waals surface area (Å²) in [6, 6.07) is 7.81. The van der Waals surface area contributed by atoms with E-state index in [1.54, 1.807) is 7.11 Å². The molecular formula is C12H18N2O2S. The number of aliphatic hydroxyl groups excluding tert-OH is 1. The molecule has 0 radical (unpaired) electrons.